The van der Waals surface area contributed by atoms with Gasteiger partial charge in [0.15, 0.2) is 17.0 Å². The SMILES string of the molecule is C=C[C@@H](CO)C[C@H](C)Cn1cnc2c(NC3CC3)nc(N)nc21. The fourth-order valence-corrected chi connectivity index (χ4v) is 2.79. The first-order chi connectivity index (χ1) is 11.1. The first-order valence-corrected chi connectivity index (χ1v) is 8.09. The van der Waals surface area contributed by atoms with Crippen molar-refractivity contribution >= 4 is 22.9 Å². The minimum atomic E-state index is 0.117. The van der Waals surface area contributed by atoms with Crippen LogP contribution in [0.15, 0.2) is 19.0 Å². The van der Waals surface area contributed by atoms with Crippen LogP contribution in [0.5, 0.6) is 0 Å². The number of nitrogens with two attached hydrogens (primary N) is 1. The second-order valence-corrected chi connectivity index (χ2v) is 6.44. The topological polar surface area (TPSA) is 102 Å². The van der Waals surface area contributed by atoms with Gasteiger partial charge in [0.2, 0.25) is 5.95 Å². The van der Waals surface area contributed by atoms with Gasteiger partial charge in [-0.25, -0.2) is 4.98 Å². The molecular weight excluding hydrogens is 292 g/mol. The number of hydrogen-bond acceptors (Lipinski definition) is 6. The molecule has 0 spiro atoms. The molecule has 124 valence electrons. The number of aromatic nitrogens is 4. The number of nitrogens with zero attached hydrogens (tertiary/aromatic N) is 4. The van der Waals surface area contributed by atoms with Crippen molar-refractivity contribution in [1.82, 2.24) is 19.5 Å². The van der Waals surface area contributed by atoms with Crippen LogP contribution in [-0.2, 0) is 6.54 Å². The van der Waals surface area contributed by atoms with Gasteiger partial charge in [0.05, 0.1) is 6.33 Å². The van der Waals surface area contributed by atoms with Crippen molar-refractivity contribution in [2.24, 2.45) is 11.8 Å². The molecule has 2 atom stereocenters. The Morgan fingerprint density at radius 1 is 1.52 bits per heavy atom. The number of rotatable bonds is 8. The quantitative estimate of drug-likeness (QED) is 0.642. The standard InChI is InChI=1S/C16H24N6O/c1-3-11(8-23)6-10(2)7-22-9-18-13-14(19-12-4-5-12)20-16(17)21-15(13)22/h3,9-12,23H,1,4-8H2,2H3,(H3,17,19,20,21)/t10-,11+/m0/s1. The monoisotopic (exact) mass is 316 g/mol. The molecule has 1 fully saturated rings. The highest BCUT2D eigenvalue weighted by Crippen LogP contribution is 2.28. The summed E-state index contributed by atoms with van der Waals surface area (Å²) in [4.78, 5) is 13.1. The van der Waals surface area contributed by atoms with E-state index in [0.29, 0.717) is 12.0 Å². The van der Waals surface area contributed by atoms with Crippen molar-refractivity contribution in [3.05, 3.63) is 19.0 Å². The van der Waals surface area contributed by atoms with E-state index in [9.17, 15) is 5.11 Å². The molecular formula is C16H24N6O. The third-order valence-corrected chi connectivity index (χ3v) is 4.18. The summed E-state index contributed by atoms with van der Waals surface area (Å²) in [6, 6.07) is 0.481. The molecule has 2 aromatic rings. The molecule has 7 heteroatoms. The predicted molar refractivity (Wildman–Crippen MR) is 90.9 cm³/mol. The molecule has 0 amide bonds. The van der Waals surface area contributed by atoms with Gasteiger partial charge in [-0.15, -0.1) is 6.58 Å². The average molecular weight is 316 g/mol. The highest BCUT2D eigenvalue weighted by atomic mass is 16.3. The molecule has 1 aliphatic carbocycles. The zero-order chi connectivity index (χ0) is 16.4. The maximum absolute atomic E-state index is 9.30. The second kappa shape index (κ2) is 6.54. The van der Waals surface area contributed by atoms with Crippen LogP contribution in [0.2, 0.25) is 0 Å². The Morgan fingerprint density at radius 2 is 2.30 bits per heavy atom. The maximum Gasteiger partial charge on any atom is 0.224 e. The Labute approximate surface area is 135 Å². The van der Waals surface area contributed by atoms with Crippen molar-refractivity contribution in [3.63, 3.8) is 0 Å². The normalized spacial score (nSPS) is 17.1. The summed E-state index contributed by atoms with van der Waals surface area (Å²) in [6.07, 6.45) is 6.78. The number of anilines is 2. The number of hydrogen-bond donors (Lipinski definition) is 3. The number of aliphatic hydroxyl groups excluding tert-OH is 1. The molecule has 1 saturated carbocycles. The van der Waals surface area contributed by atoms with E-state index in [1.54, 1.807) is 12.4 Å². The van der Waals surface area contributed by atoms with Crippen LogP contribution in [0.25, 0.3) is 11.2 Å². The van der Waals surface area contributed by atoms with Crippen LogP contribution >= 0.6 is 0 Å². The van der Waals surface area contributed by atoms with Gasteiger partial charge in [0.25, 0.3) is 0 Å². The van der Waals surface area contributed by atoms with Gasteiger partial charge in [0, 0.05) is 19.2 Å². The summed E-state index contributed by atoms with van der Waals surface area (Å²) < 4.78 is 2.01. The highest BCUT2D eigenvalue weighted by molar-refractivity contribution is 5.84. The molecule has 0 unspecified atom stereocenters. The lowest BCUT2D eigenvalue weighted by molar-refractivity contribution is 0.228. The summed E-state index contributed by atoms with van der Waals surface area (Å²) in [5, 5.41) is 12.7. The zero-order valence-corrected chi connectivity index (χ0v) is 13.4. The van der Waals surface area contributed by atoms with E-state index in [1.807, 2.05) is 4.57 Å². The van der Waals surface area contributed by atoms with Gasteiger partial charge in [-0.3, -0.25) is 0 Å². The molecule has 4 N–H and O–H groups in total. The van der Waals surface area contributed by atoms with Crippen LogP contribution in [0.1, 0.15) is 26.2 Å². The molecule has 2 heterocycles. The first kappa shape index (κ1) is 15.7. The number of aliphatic hydroxyl groups is 1. The van der Waals surface area contributed by atoms with Gasteiger partial charge in [0.1, 0.15) is 0 Å². The highest BCUT2D eigenvalue weighted by Gasteiger charge is 2.24. The second-order valence-electron chi connectivity index (χ2n) is 6.44. The lowest BCUT2D eigenvalue weighted by Crippen LogP contribution is -2.14. The van der Waals surface area contributed by atoms with Gasteiger partial charge in [-0.2, -0.15) is 9.97 Å². The van der Waals surface area contributed by atoms with Gasteiger partial charge in [-0.05, 0) is 31.1 Å². The van der Waals surface area contributed by atoms with E-state index in [4.69, 9.17) is 5.73 Å². The van der Waals surface area contributed by atoms with Crippen molar-refractivity contribution in [2.45, 2.75) is 38.8 Å². The summed E-state index contributed by atoms with van der Waals surface area (Å²) in [6.45, 7) is 6.80. The van der Waals surface area contributed by atoms with Gasteiger partial charge < -0.3 is 20.7 Å². The smallest absolute Gasteiger partial charge is 0.224 e. The van der Waals surface area contributed by atoms with Crippen LogP contribution in [0.4, 0.5) is 11.8 Å². The van der Waals surface area contributed by atoms with Crippen molar-refractivity contribution in [1.29, 1.82) is 0 Å². The van der Waals surface area contributed by atoms with Crippen molar-refractivity contribution in [2.75, 3.05) is 17.7 Å². The molecule has 23 heavy (non-hydrogen) atoms. The van der Waals surface area contributed by atoms with Crippen LogP contribution in [0, 0.1) is 11.8 Å². The van der Waals surface area contributed by atoms with E-state index >= 15 is 0 Å². The predicted octanol–water partition coefficient (Wildman–Crippen LogP) is 1.80. The van der Waals surface area contributed by atoms with Crippen molar-refractivity contribution < 1.29 is 5.11 Å². The fourth-order valence-electron chi connectivity index (χ4n) is 2.79. The minimum absolute atomic E-state index is 0.117. The number of imidazole rings is 1. The molecule has 7 nitrogen and oxygen atoms in total. The summed E-state index contributed by atoms with van der Waals surface area (Å²) in [5.41, 5.74) is 7.37. The third-order valence-electron chi connectivity index (χ3n) is 4.18. The Hall–Kier alpha value is -2.15. The Morgan fingerprint density at radius 3 is 2.96 bits per heavy atom. The van der Waals surface area contributed by atoms with Gasteiger partial charge in [-0.1, -0.05) is 13.0 Å². The number of nitrogen functional groups attached to an aromatic ring is 1. The lowest BCUT2D eigenvalue weighted by atomic mass is 9.96. The minimum Gasteiger partial charge on any atom is -0.396 e. The summed E-state index contributed by atoms with van der Waals surface area (Å²) in [7, 11) is 0. The first-order valence-electron chi connectivity index (χ1n) is 8.09. The molecule has 0 aliphatic heterocycles. The van der Waals surface area contributed by atoms with Crippen LogP contribution < -0.4 is 11.1 Å². The van der Waals surface area contributed by atoms with Crippen LogP contribution in [-0.4, -0.2) is 37.3 Å². The Balaban J connectivity index is 1.81. The maximum atomic E-state index is 9.30. The molecule has 0 bridgehead atoms. The molecule has 1 aliphatic rings. The average Bonchev–Trinajstić information content (AvgIpc) is 3.25. The van der Waals surface area contributed by atoms with E-state index < -0.39 is 0 Å². The molecule has 3 rings (SSSR count). The van der Waals surface area contributed by atoms with E-state index in [-0.39, 0.29) is 18.5 Å². The van der Waals surface area contributed by atoms with E-state index in [1.165, 1.54) is 0 Å². The van der Waals surface area contributed by atoms with E-state index in [2.05, 4.69) is 33.8 Å². The lowest BCUT2D eigenvalue weighted by Gasteiger charge is -2.16. The third kappa shape index (κ3) is 3.61. The largest absolute Gasteiger partial charge is 0.396 e. The zero-order valence-electron chi connectivity index (χ0n) is 13.4. The molecule has 0 saturated heterocycles. The number of nitrogens with one attached hydrogen (secondary N) is 1. The summed E-state index contributed by atoms with van der Waals surface area (Å²) >= 11 is 0. The van der Waals surface area contributed by atoms with Gasteiger partial charge >= 0.3 is 0 Å². The summed E-state index contributed by atoms with van der Waals surface area (Å²) in [5.74, 6) is 1.46. The molecule has 2 aromatic heterocycles. The molecule has 0 radical (unpaired) electrons. The number of fused-ring (bicyclic) bond motifs is 1. The Kier molecular flexibility index (Phi) is 4.47. The molecule has 0 aromatic carbocycles. The van der Waals surface area contributed by atoms with Crippen LogP contribution in [0.3, 0.4) is 0 Å². The van der Waals surface area contributed by atoms with E-state index in [0.717, 1.165) is 42.8 Å². The van der Waals surface area contributed by atoms with Crippen molar-refractivity contribution in [3.8, 4) is 0 Å². The fraction of sp³-hybridized carbons (Fsp3) is 0.562. The Bertz CT molecular complexity index is 693.